The lowest BCUT2D eigenvalue weighted by atomic mass is 9.81. The molecule has 1 N–H and O–H groups in total. The van der Waals surface area contributed by atoms with Gasteiger partial charge in [-0.1, -0.05) is 23.8 Å². The number of allylic oxidation sites excluding steroid dienone is 7. The molecule has 0 amide bonds. The summed E-state index contributed by atoms with van der Waals surface area (Å²) < 4.78 is 11.9. The second kappa shape index (κ2) is 9.11. The van der Waals surface area contributed by atoms with Gasteiger partial charge in [-0.25, -0.2) is 0 Å². The second-order valence-electron chi connectivity index (χ2n) is 7.46. The predicted molar refractivity (Wildman–Crippen MR) is 101 cm³/mol. The monoisotopic (exact) mass is 358 g/mol. The van der Waals surface area contributed by atoms with Crippen LogP contribution in [0, 0.1) is 11.8 Å². The minimum absolute atomic E-state index is 0.0478. The minimum Gasteiger partial charge on any atom is -0.499 e. The molecule has 0 saturated carbocycles. The van der Waals surface area contributed by atoms with Crippen LogP contribution in [0.4, 0.5) is 0 Å². The molecule has 0 heterocycles. The Labute approximate surface area is 156 Å². The summed E-state index contributed by atoms with van der Waals surface area (Å²) >= 11 is 0. The number of carboxylic acids is 1. The normalized spacial score (nSPS) is 28.7. The van der Waals surface area contributed by atoms with Crippen molar-refractivity contribution >= 4 is 5.97 Å². The van der Waals surface area contributed by atoms with Crippen LogP contribution in [0.15, 0.2) is 47.5 Å². The molecule has 142 valence electrons. The Morgan fingerprint density at radius 2 is 2.12 bits per heavy atom. The maximum Gasteiger partial charge on any atom is 0.303 e. The standard InChI is InChI=1S/C22H30O4/c1-2-25-19-11-9-17(10-12-19)18-6-4-8-21(15-18)26-20-7-3-5-16(13-20)14-22(23)24/h3,5-7,11,16-17,21H,2,4,8-10,12-15H2,1H3,(H,23,24). The highest BCUT2D eigenvalue weighted by Gasteiger charge is 2.26. The van der Waals surface area contributed by atoms with Gasteiger partial charge in [0.2, 0.25) is 0 Å². The Hall–Kier alpha value is -1.97. The van der Waals surface area contributed by atoms with Crippen LogP contribution in [0.3, 0.4) is 0 Å². The fourth-order valence-corrected chi connectivity index (χ4v) is 4.18. The third-order valence-electron chi connectivity index (χ3n) is 5.47. The van der Waals surface area contributed by atoms with E-state index in [1.165, 1.54) is 5.57 Å². The first-order valence-corrected chi connectivity index (χ1v) is 9.90. The van der Waals surface area contributed by atoms with E-state index in [9.17, 15) is 4.79 Å². The zero-order valence-electron chi connectivity index (χ0n) is 15.7. The summed E-state index contributed by atoms with van der Waals surface area (Å²) in [4.78, 5) is 10.9. The Bertz CT molecular complexity index is 626. The number of rotatable bonds is 7. The molecule has 26 heavy (non-hydrogen) atoms. The number of hydrogen-bond donors (Lipinski definition) is 1. The minimum atomic E-state index is -0.749. The first kappa shape index (κ1) is 18.8. The molecule has 3 rings (SSSR count). The predicted octanol–water partition coefficient (Wildman–Crippen LogP) is 5.14. The van der Waals surface area contributed by atoms with Gasteiger partial charge in [-0.05, 0) is 56.6 Å². The topological polar surface area (TPSA) is 55.8 Å². The van der Waals surface area contributed by atoms with Crippen molar-refractivity contribution < 1.29 is 19.4 Å². The van der Waals surface area contributed by atoms with Crippen molar-refractivity contribution in [1.29, 1.82) is 0 Å². The van der Waals surface area contributed by atoms with Crippen LogP contribution in [0.2, 0.25) is 0 Å². The van der Waals surface area contributed by atoms with Crippen molar-refractivity contribution in [3.05, 3.63) is 47.5 Å². The molecule has 0 aromatic rings. The lowest BCUT2D eigenvalue weighted by Crippen LogP contribution is -2.22. The molecule has 4 heteroatoms. The third-order valence-corrected chi connectivity index (χ3v) is 5.47. The summed E-state index contributed by atoms with van der Waals surface area (Å²) in [6.07, 6.45) is 18.0. The molecule has 0 fully saturated rings. The lowest BCUT2D eigenvalue weighted by Gasteiger charge is -2.31. The maximum absolute atomic E-state index is 10.9. The highest BCUT2D eigenvalue weighted by molar-refractivity contribution is 5.67. The Morgan fingerprint density at radius 1 is 1.23 bits per heavy atom. The highest BCUT2D eigenvalue weighted by Crippen LogP contribution is 2.36. The van der Waals surface area contributed by atoms with Gasteiger partial charge in [0.1, 0.15) is 6.10 Å². The Kier molecular flexibility index (Phi) is 6.59. The quantitative estimate of drug-likeness (QED) is 0.641. The number of carbonyl (C=O) groups is 1. The molecule has 0 bridgehead atoms. The van der Waals surface area contributed by atoms with Crippen molar-refractivity contribution in [2.45, 2.75) is 64.4 Å². The number of aliphatic carboxylic acids is 1. The molecule has 3 aliphatic carbocycles. The summed E-state index contributed by atoms with van der Waals surface area (Å²) in [5, 5.41) is 8.99. The average Bonchev–Trinajstić information content (AvgIpc) is 2.63. The zero-order chi connectivity index (χ0) is 18.4. The van der Waals surface area contributed by atoms with E-state index in [1.807, 2.05) is 25.2 Å². The van der Waals surface area contributed by atoms with Gasteiger partial charge in [-0.15, -0.1) is 0 Å². The van der Waals surface area contributed by atoms with Crippen LogP contribution in [0.25, 0.3) is 0 Å². The smallest absolute Gasteiger partial charge is 0.303 e. The van der Waals surface area contributed by atoms with Crippen LogP contribution in [0.5, 0.6) is 0 Å². The number of ether oxygens (including phenoxy) is 2. The Morgan fingerprint density at radius 3 is 2.85 bits per heavy atom. The second-order valence-corrected chi connectivity index (χ2v) is 7.46. The number of hydrogen-bond acceptors (Lipinski definition) is 3. The van der Waals surface area contributed by atoms with E-state index in [0.717, 1.165) is 56.7 Å². The molecule has 4 nitrogen and oxygen atoms in total. The zero-order valence-corrected chi connectivity index (χ0v) is 15.7. The lowest BCUT2D eigenvalue weighted by molar-refractivity contribution is -0.137. The molecule has 3 aliphatic rings. The molecule has 0 aromatic carbocycles. The van der Waals surface area contributed by atoms with Gasteiger partial charge in [0.15, 0.2) is 0 Å². The highest BCUT2D eigenvalue weighted by atomic mass is 16.5. The van der Waals surface area contributed by atoms with E-state index in [0.29, 0.717) is 12.3 Å². The average molecular weight is 358 g/mol. The van der Waals surface area contributed by atoms with Gasteiger partial charge in [-0.3, -0.25) is 4.79 Å². The largest absolute Gasteiger partial charge is 0.499 e. The van der Waals surface area contributed by atoms with Gasteiger partial charge < -0.3 is 14.6 Å². The van der Waals surface area contributed by atoms with Crippen LogP contribution < -0.4 is 0 Å². The fourth-order valence-electron chi connectivity index (χ4n) is 4.18. The van der Waals surface area contributed by atoms with Gasteiger partial charge in [0, 0.05) is 19.3 Å². The molecular formula is C22H30O4. The van der Waals surface area contributed by atoms with Crippen molar-refractivity contribution in [2.75, 3.05) is 6.61 Å². The fraction of sp³-hybridized carbons (Fsp3) is 0.591. The summed E-state index contributed by atoms with van der Waals surface area (Å²) in [5.41, 5.74) is 1.53. The van der Waals surface area contributed by atoms with Crippen LogP contribution in [-0.2, 0) is 14.3 Å². The van der Waals surface area contributed by atoms with E-state index in [-0.39, 0.29) is 18.4 Å². The first-order chi connectivity index (χ1) is 12.6. The maximum atomic E-state index is 10.9. The molecule has 0 saturated heterocycles. The van der Waals surface area contributed by atoms with Crippen molar-refractivity contribution in [2.24, 2.45) is 11.8 Å². The van der Waals surface area contributed by atoms with Crippen LogP contribution in [-0.4, -0.2) is 23.8 Å². The molecule has 0 aromatic heterocycles. The van der Waals surface area contributed by atoms with E-state index in [4.69, 9.17) is 14.6 Å². The first-order valence-electron chi connectivity index (χ1n) is 9.90. The molecule has 0 spiro atoms. The number of carboxylic acid groups (broad SMARTS) is 1. The van der Waals surface area contributed by atoms with Gasteiger partial charge >= 0.3 is 5.97 Å². The molecule has 0 radical (unpaired) electrons. The third kappa shape index (κ3) is 5.26. The summed E-state index contributed by atoms with van der Waals surface area (Å²) in [7, 11) is 0. The summed E-state index contributed by atoms with van der Waals surface area (Å²) in [5.74, 6) is 2.00. The van der Waals surface area contributed by atoms with Gasteiger partial charge in [0.25, 0.3) is 0 Å². The van der Waals surface area contributed by atoms with Gasteiger partial charge in [0.05, 0.1) is 24.5 Å². The van der Waals surface area contributed by atoms with Crippen molar-refractivity contribution in [3.8, 4) is 0 Å². The van der Waals surface area contributed by atoms with Crippen molar-refractivity contribution in [3.63, 3.8) is 0 Å². The summed E-state index contributed by atoms with van der Waals surface area (Å²) in [6.45, 7) is 2.79. The summed E-state index contributed by atoms with van der Waals surface area (Å²) in [6, 6.07) is 0. The molecular weight excluding hydrogens is 328 g/mol. The molecule has 0 aliphatic heterocycles. The van der Waals surface area contributed by atoms with Gasteiger partial charge in [-0.2, -0.15) is 0 Å². The Balaban J connectivity index is 1.51. The SMILES string of the molecule is CCOC1=CCC(C2=CCCC(OC3=CC=CC(CC(=O)O)C3)C2)CC1. The van der Waals surface area contributed by atoms with E-state index >= 15 is 0 Å². The molecule has 3 unspecified atom stereocenters. The molecule has 3 atom stereocenters. The van der Waals surface area contributed by atoms with E-state index in [1.54, 1.807) is 0 Å². The van der Waals surface area contributed by atoms with E-state index in [2.05, 4.69) is 12.2 Å². The van der Waals surface area contributed by atoms with Crippen LogP contribution in [0.1, 0.15) is 58.3 Å². The van der Waals surface area contributed by atoms with E-state index < -0.39 is 5.97 Å². The van der Waals surface area contributed by atoms with Crippen LogP contribution >= 0.6 is 0 Å². The van der Waals surface area contributed by atoms with Crippen molar-refractivity contribution in [1.82, 2.24) is 0 Å².